The first-order chi connectivity index (χ1) is 23.8. The van der Waals surface area contributed by atoms with Crippen LogP contribution in [0.15, 0.2) is 0 Å². The number of carbonyl (C=O) groups is 1. The number of nitrogens with one attached hydrogen (secondary N) is 1. The zero-order valence-electron chi connectivity index (χ0n) is 31.7. The van der Waals surface area contributed by atoms with Gasteiger partial charge in [-0.2, -0.15) is 0 Å². The van der Waals surface area contributed by atoms with E-state index in [1.807, 2.05) is 0 Å². The van der Waals surface area contributed by atoms with E-state index in [1.54, 1.807) is 0 Å². The van der Waals surface area contributed by atoms with Crippen LogP contribution < -0.4 is 5.32 Å². The first-order valence-electron chi connectivity index (χ1n) is 20.7. The summed E-state index contributed by atoms with van der Waals surface area (Å²) in [4.78, 5) is 12.9. The first kappa shape index (κ1) is 46.2. The second-order valence-electron chi connectivity index (χ2n) is 14.8. The van der Waals surface area contributed by atoms with Crippen LogP contribution in [-0.4, -0.2) is 87.5 Å². The van der Waals surface area contributed by atoms with Crippen molar-refractivity contribution in [3.8, 4) is 0 Å². The lowest BCUT2D eigenvalue weighted by molar-refractivity contribution is -0.302. The summed E-state index contributed by atoms with van der Waals surface area (Å²) in [5.41, 5.74) is 0. The summed E-state index contributed by atoms with van der Waals surface area (Å²) in [6.45, 7) is 3.82. The van der Waals surface area contributed by atoms with E-state index < -0.39 is 49.5 Å². The number of carbonyl (C=O) groups excluding carboxylic acids is 1. The van der Waals surface area contributed by atoms with Crippen molar-refractivity contribution >= 4 is 5.91 Å². The molecular formula is C40H79NO8. The average Bonchev–Trinajstić information content (AvgIpc) is 3.10. The third kappa shape index (κ3) is 23.4. The number of hydrogen-bond donors (Lipinski definition) is 6. The number of aliphatic hydroxyl groups excluding tert-OH is 5. The summed E-state index contributed by atoms with van der Waals surface area (Å²) in [7, 11) is 0. The highest BCUT2D eigenvalue weighted by molar-refractivity contribution is 5.76. The van der Waals surface area contributed by atoms with Crippen LogP contribution in [-0.2, 0) is 14.3 Å². The molecule has 9 nitrogen and oxygen atoms in total. The van der Waals surface area contributed by atoms with E-state index in [0.29, 0.717) is 12.8 Å². The molecule has 1 saturated heterocycles. The Labute approximate surface area is 300 Å². The molecule has 1 rings (SSSR count). The summed E-state index contributed by atoms with van der Waals surface area (Å²) in [5, 5.41) is 54.1. The minimum atomic E-state index is -1.55. The predicted octanol–water partition coefficient (Wildman–Crippen LogP) is 7.61. The summed E-state index contributed by atoms with van der Waals surface area (Å²) >= 11 is 0. The molecule has 0 aromatic heterocycles. The van der Waals surface area contributed by atoms with Gasteiger partial charge < -0.3 is 40.3 Å². The number of rotatable bonds is 34. The van der Waals surface area contributed by atoms with Crippen LogP contribution >= 0.6 is 0 Å². The van der Waals surface area contributed by atoms with Crippen molar-refractivity contribution in [2.24, 2.45) is 0 Å². The average molecular weight is 702 g/mol. The maximum Gasteiger partial charge on any atom is 0.220 e. The van der Waals surface area contributed by atoms with E-state index in [9.17, 15) is 30.3 Å². The van der Waals surface area contributed by atoms with Gasteiger partial charge in [-0.3, -0.25) is 4.79 Å². The van der Waals surface area contributed by atoms with Crippen LogP contribution in [0.1, 0.15) is 194 Å². The van der Waals surface area contributed by atoms with Gasteiger partial charge in [0.15, 0.2) is 6.29 Å². The van der Waals surface area contributed by atoms with Gasteiger partial charge >= 0.3 is 0 Å². The van der Waals surface area contributed by atoms with Crippen LogP contribution in [0.3, 0.4) is 0 Å². The second kappa shape index (κ2) is 31.9. The zero-order valence-corrected chi connectivity index (χ0v) is 31.7. The molecule has 1 aliphatic rings. The molecule has 1 aliphatic heterocycles. The molecule has 0 bridgehead atoms. The quantitative estimate of drug-likeness (QED) is 0.0376. The van der Waals surface area contributed by atoms with Gasteiger partial charge in [0.1, 0.15) is 24.4 Å². The van der Waals surface area contributed by atoms with Crippen LogP contribution in [0.5, 0.6) is 0 Å². The number of unbranched alkanes of at least 4 members (excludes halogenated alkanes) is 24. The summed E-state index contributed by atoms with van der Waals surface area (Å²) in [6, 6.07) is -0.709. The van der Waals surface area contributed by atoms with Crippen molar-refractivity contribution in [3.63, 3.8) is 0 Å². The summed E-state index contributed by atoms with van der Waals surface area (Å²) in [6.07, 6.45) is 25.3. The Balaban J connectivity index is 2.38. The van der Waals surface area contributed by atoms with Crippen LogP contribution in [0.25, 0.3) is 0 Å². The fourth-order valence-electron chi connectivity index (χ4n) is 6.81. The molecule has 49 heavy (non-hydrogen) atoms. The van der Waals surface area contributed by atoms with Crippen molar-refractivity contribution in [3.05, 3.63) is 0 Å². The molecule has 9 heteroatoms. The highest BCUT2D eigenvalue weighted by atomic mass is 16.7. The Morgan fingerprint density at radius 1 is 0.612 bits per heavy atom. The highest BCUT2D eigenvalue weighted by Crippen LogP contribution is 2.23. The number of amides is 1. The van der Waals surface area contributed by atoms with Crippen molar-refractivity contribution in [1.29, 1.82) is 0 Å². The summed E-state index contributed by atoms with van der Waals surface area (Å²) in [5.74, 6) is -0.144. The molecule has 0 saturated carbocycles. The van der Waals surface area contributed by atoms with Gasteiger partial charge in [-0.25, -0.2) is 0 Å². The largest absolute Gasteiger partial charge is 0.394 e. The van der Waals surface area contributed by atoms with E-state index >= 15 is 0 Å². The Hall–Kier alpha value is -0.810. The van der Waals surface area contributed by atoms with Gasteiger partial charge in [-0.15, -0.1) is 0 Å². The fraction of sp³-hybridized carbons (Fsp3) is 0.975. The van der Waals surface area contributed by atoms with Gasteiger partial charge in [0.25, 0.3) is 0 Å². The number of aliphatic hydroxyl groups is 5. The smallest absolute Gasteiger partial charge is 0.220 e. The third-order valence-corrected chi connectivity index (χ3v) is 10.2. The molecule has 0 aromatic carbocycles. The lowest BCUT2D eigenvalue weighted by atomic mass is 9.99. The summed E-state index contributed by atoms with van der Waals surface area (Å²) < 4.78 is 11.2. The highest BCUT2D eigenvalue weighted by Gasteiger charge is 2.44. The number of ether oxygens (including phenoxy) is 2. The molecule has 0 aliphatic carbocycles. The number of hydrogen-bond acceptors (Lipinski definition) is 8. The minimum absolute atomic E-state index is 0.132. The fourth-order valence-corrected chi connectivity index (χ4v) is 6.81. The molecule has 7 atom stereocenters. The Morgan fingerprint density at radius 3 is 1.45 bits per heavy atom. The molecule has 0 unspecified atom stereocenters. The Kier molecular flexibility index (Phi) is 30.1. The van der Waals surface area contributed by atoms with E-state index in [1.165, 1.54) is 128 Å². The molecule has 0 spiro atoms. The minimum Gasteiger partial charge on any atom is -0.394 e. The topological polar surface area (TPSA) is 149 Å². The van der Waals surface area contributed by atoms with Crippen LogP contribution in [0, 0.1) is 0 Å². The van der Waals surface area contributed by atoms with E-state index in [0.717, 1.165) is 38.5 Å². The molecule has 0 radical (unpaired) electrons. The Bertz CT molecular complexity index is 741. The van der Waals surface area contributed by atoms with Crippen molar-refractivity contribution in [2.75, 3.05) is 13.2 Å². The van der Waals surface area contributed by atoms with Gasteiger partial charge in [-0.1, -0.05) is 174 Å². The molecule has 6 N–H and O–H groups in total. The molecule has 0 aromatic rings. The van der Waals surface area contributed by atoms with Gasteiger partial charge in [-0.05, 0) is 12.8 Å². The maximum absolute atomic E-state index is 12.9. The van der Waals surface area contributed by atoms with Crippen molar-refractivity contribution in [1.82, 2.24) is 5.32 Å². The molecule has 1 amide bonds. The molecule has 1 heterocycles. The third-order valence-electron chi connectivity index (χ3n) is 10.2. The molecular weight excluding hydrogens is 622 g/mol. The van der Waals surface area contributed by atoms with Crippen LogP contribution in [0.4, 0.5) is 0 Å². The molecule has 292 valence electrons. The van der Waals surface area contributed by atoms with E-state index in [4.69, 9.17) is 9.47 Å². The van der Waals surface area contributed by atoms with Crippen LogP contribution in [0.2, 0.25) is 0 Å². The van der Waals surface area contributed by atoms with Gasteiger partial charge in [0.2, 0.25) is 5.91 Å². The zero-order chi connectivity index (χ0) is 36.0. The van der Waals surface area contributed by atoms with Gasteiger partial charge in [0, 0.05) is 6.42 Å². The molecule has 1 fully saturated rings. The standard InChI is InChI=1S/C40H79NO8/c1-3-5-7-9-11-13-15-17-19-21-23-25-27-29-34(43)33(32-48-40-39(47)38(46)37(45)35(31-42)49-40)41-36(44)30-28-26-24-22-20-18-16-14-12-10-8-6-4-2/h33-35,37-40,42-43,45-47H,3-32H2,1-2H3,(H,41,44)/t33-,34+,35+,37+,38-,39+,40+/m1/s1. The maximum atomic E-state index is 12.9. The lowest BCUT2D eigenvalue weighted by Crippen LogP contribution is -2.60. The predicted molar refractivity (Wildman–Crippen MR) is 198 cm³/mol. The monoisotopic (exact) mass is 702 g/mol. The second-order valence-corrected chi connectivity index (χ2v) is 14.8. The first-order valence-corrected chi connectivity index (χ1v) is 20.7. The lowest BCUT2D eigenvalue weighted by Gasteiger charge is -2.40. The van der Waals surface area contributed by atoms with Gasteiger partial charge in [0.05, 0.1) is 25.4 Å². The normalized spacial score (nSPS) is 22.3. The Morgan fingerprint density at radius 2 is 1.02 bits per heavy atom. The SMILES string of the molecule is CCCCCCCCCCCCCCCC(=O)N[C@H](CO[C@H]1O[C@@H](CO)[C@H](O)[C@@H](O)[C@@H]1O)[C@@H](O)CCCCCCCCCCCCCCC. The van der Waals surface area contributed by atoms with E-state index in [-0.39, 0.29) is 12.5 Å². The van der Waals surface area contributed by atoms with Crippen molar-refractivity contribution < 1.29 is 39.8 Å². The van der Waals surface area contributed by atoms with E-state index in [2.05, 4.69) is 19.2 Å². The van der Waals surface area contributed by atoms with Crippen molar-refractivity contribution in [2.45, 2.75) is 236 Å².